The number of nitrogens with one attached hydrogen (secondary N) is 1. The molecule has 0 unspecified atom stereocenters. The summed E-state index contributed by atoms with van der Waals surface area (Å²) in [4.78, 5) is 3.66. The number of anilines is 1. The Bertz CT molecular complexity index is 808. The number of benzene rings is 2. The zero-order valence-corrected chi connectivity index (χ0v) is 10.8. The summed E-state index contributed by atoms with van der Waals surface area (Å²) in [5.74, 6) is 3.08. The van der Waals surface area contributed by atoms with Gasteiger partial charge < -0.3 is 10.2 Å². The zero-order chi connectivity index (χ0) is 14.8. The summed E-state index contributed by atoms with van der Waals surface area (Å²) in [6.45, 7) is 0. The summed E-state index contributed by atoms with van der Waals surface area (Å²) in [5, 5.41) is 1.97. The van der Waals surface area contributed by atoms with Crippen molar-refractivity contribution in [3.63, 3.8) is 0 Å². The lowest BCUT2D eigenvalue weighted by Gasteiger charge is -2.09. The Morgan fingerprint density at radius 3 is 2.48 bits per heavy atom. The van der Waals surface area contributed by atoms with Gasteiger partial charge in [0.2, 0.25) is 0 Å². The fourth-order valence-electron chi connectivity index (χ4n) is 1.97. The maximum Gasteiger partial charge on any atom is 0.258 e. The first kappa shape index (κ1) is 13.3. The molecule has 0 saturated carbocycles. The standard InChI is InChI=1S/C15H11F2N3O/c16-12-8-13(17)15(19-14(12)20-18)21-11-6-5-9-3-1-2-4-10(9)7-11/h1-8H,18H2,(H,19,20). The molecule has 0 bridgehead atoms. The van der Waals surface area contributed by atoms with Gasteiger partial charge in [-0.15, -0.1) is 0 Å². The summed E-state index contributed by atoms with van der Waals surface area (Å²) < 4.78 is 32.3. The summed E-state index contributed by atoms with van der Waals surface area (Å²) in [6, 6.07) is 13.6. The van der Waals surface area contributed by atoms with Crippen molar-refractivity contribution in [3.05, 3.63) is 60.2 Å². The number of pyridine rings is 1. The quantitative estimate of drug-likeness (QED) is 0.571. The third-order valence-electron chi connectivity index (χ3n) is 2.97. The number of ether oxygens (including phenoxy) is 1. The molecule has 0 saturated heterocycles. The molecule has 3 aromatic rings. The third-order valence-corrected chi connectivity index (χ3v) is 2.97. The van der Waals surface area contributed by atoms with Gasteiger partial charge in [0.25, 0.3) is 5.88 Å². The highest BCUT2D eigenvalue weighted by molar-refractivity contribution is 5.83. The molecule has 3 rings (SSSR count). The van der Waals surface area contributed by atoms with E-state index in [-0.39, 0.29) is 11.7 Å². The van der Waals surface area contributed by atoms with Crippen LogP contribution >= 0.6 is 0 Å². The number of hydrogen-bond acceptors (Lipinski definition) is 4. The average molecular weight is 287 g/mol. The van der Waals surface area contributed by atoms with E-state index in [2.05, 4.69) is 4.98 Å². The van der Waals surface area contributed by atoms with Crippen LogP contribution in [0.3, 0.4) is 0 Å². The smallest absolute Gasteiger partial charge is 0.258 e. The summed E-state index contributed by atoms with van der Waals surface area (Å²) in [6.07, 6.45) is 0. The number of rotatable bonds is 3. The van der Waals surface area contributed by atoms with E-state index in [0.717, 1.165) is 10.8 Å². The normalized spacial score (nSPS) is 10.6. The molecule has 1 aromatic heterocycles. The van der Waals surface area contributed by atoms with Crippen molar-refractivity contribution in [1.29, 1.82) is 0 Å². The van der Waals surface area contributed by atoms with Crippen LogP contribution in [0, 0.1) is 11.6 Å². The number of nitrogen functional groups attached to an aromatic ring is 1. The second kappa shape index (κ2) is 5.34. The monoisotopic (exact) mass is 287 g/mol. The topological polar surface area (TPSA) is 60.2 Å². The fraction of sp³-hybridized carbons (Fsp3) is 0. The Hall–Kier alpha value is -2.73. The molecule has 0 aliphatic rings. The van der Waals surface area contributed by atoms with Gasteiger partial charge in [0.1, 0.15) is 5.75 Å². The van der Waals surface area contributed by atoms with Crippen LogP contribution in [0.25, 0.3) is 10.8 Å². The van der Waals surface area contributed by atoms with Gasteiger partial charge in [0, 0.05) is 6.07 Å². The average Bonchev–Trinajstić information content (AvgIpc) is 2.50. The lowest BCUT2D eigenvalue weighted by atomic mass is 10.1. The zero-order valence-electron chi connectivity index (χ0n) is 10.8. The highest BCUT2D eigenvalue weighted by Crippen LogP contribution is 2.28. The predicted octanol–water partition coefficient (Wildman–Crippen LogP) is 3.59. The minimum Gasteiger partial charge on any atom is -0.436 e. The van der Waals surface area contributed by atoms with E-state index < -0.39 is 11.6 Å². The molecule has 0 aliphatic heterocycles. The van der Waals surface area contributed by atoms with Gasteiger partial charge in [-0.05, 0) is 22.9 Å². The molecule has 0 spiro atoms. The molecule has 0 amide bonds. The van der Waals surface area contributed by atoms with Gasteiger partial charge in [-0.2, -0.15) is 4.98 Å². The second-order valence-electron chi connectivity index (χ2n) is 4.36. The number of nitrogens with two attached hydrogens (primary N) is 1. The Balaban J connectivity index is 1.98. The van der Waals surface area contributed by atoms with Crippen molar-refractivity contribution in [3.8, 4) is 11.6 Å². The minimum absolute atomic E-state index is 0.285. The van der Waals surface area contributed by atoms with E-state index in [0.29, 0.717) is 11.8 Å². The van der Waals surface area contributed by atoms with Crippen molar-refractivity contribution >= 4 is 16.6 Å². The van der Waals surface area contributed by atoms with Gasteiger partial charge in [-0.1, -0.05) is 30.3 Å². The van der Waals surface area contributed by atoms with Crippen molar-refractivity contribution in [1.82, 2.24) is 4.98 Å². The lowest BCUT2D eigenvalue weighted by Crippen LogP contribution is -2.11. The largest absolute Gasteiger partial charge is 0.436 e. The molecule has 106 valence electrons. The number of fused-ring (bicyclic) bond motifs is 1. The molecule has 0 aliphatic carbocycles. The van der Waals surface area contributed by atoms with Gasteiger partial charge in [0.15, 0.2) is 17.5 Å². The molecule has 0 atom stereocenters. The first-order chi connectivity index (χ1) is 10.2. The van der Waals surface area contributed by atoms with Gasteiger partial charge >= 0.3 is 0 Å². The summed E-state index contributed by atoms with van der Waals surface area (Å²) in [7, 11) is 0. The predicted molar refractivity (Wildman–Crippen MR) is 76.0 cm³/mol. The molecule has 2 aromatic carbocycles. The number of aromatic nitrogens is 1. The Morgan fingerprint density at radius 1 is 0.952 bits per heavy atom. The van der Waals surface area contributed by atoms with Crippen LogP contribution < -0.4 is 16.0 Å². The molecule has 0 radical (unpaired) electrons. The first-order valence-electron chi connectivity index (χ1n) is 6.16. The molecule has 4 nitrogen and oxygen atoms in total. The lowest BCUT2D eigenvalue weighted by molar-refractivity contribution is 0.418. The first-order valence-corrected chi connectivity index (χ1v) is 6.16. The van der Waals surface area contributed by atoms with Crippen molar-refractivity contribution in [2.45, 2.75) is 0 Å². The van der Waals surface area contributed by atoms with E-state index in [1.165, 1.54) is 0 Å². The molecular weight excluding hydrogens is 276 g/mol. The maximum atomic E-state index is 13.7. The maximum absolute atomic E-state index is 13.7. The van der Waals surface area contributed by atoms with Crippen molar-refractivity contribution in [2.75, 3.05) is 5.43 Å². The number of nitrogens with zero attached hydrogens (tertiary/aromatic N) is 1. The number of hydrogen-bond donors (Lipinski definition) is 2. The third kappa shape index (κ3) is 2.61. The SMILES string of the molecule is NNc1nc(Oc2ccc3ccccc3c2)c(F)cc1F. The van der Waals surface area contributed by atoms with Crippen LogP contribution in [-0.2, 0) is 0 Å². The Morgan fingerprint density at radius 2 is 1.71 bits per heavy atom. The van der Waals surface area contributed by atoms with Crippen LogP contribution in [-0.4, -0.2) is 4.98 Å². The van der Waals surface area contributed by atoms with Crippen LogP contribution in [0.1, 0.15) is 0 Å². The van der Waals surface area contributed by atoms with E-state index in [1.54, 1.807) is 12.1 Å². The minimum atomic E-state index is -0.903. The summed E-state index contributed by atoms with van der Waals surface area (Å²) >= 11 is 0. The van der Waals surface area contributed by atoms with Crippen LogP contribution in [0.4, 0.5) is 14.6 Å². The number of hydrazine groups is 1. The van der Waals surface area contributed by atoms with Gasteiger partial charge in [-0.3, -0.25) is 0 Å². The van der Waals surface area contributed by atoms with Gasteiger partial charge in [0.05, 0.1) is 0 Å². The molecular formula is C15H11F2N3O. The Kier molecular flexibility index (Phi) is 3.37. The molecule has 0 fully saturated rings. The fourth-order valence-corrected chi connectivity index (χ4v) is 1.97. The van der Waals surface area contributed by atoms with E-state index >= 15 is 0 Å². The van der Waals surface area contributed by atoms with Crippen LogP contribution in [0.2, 0.25) is 0 Å². The molecule has 3 N–H and O–H groups in total. The highest BCUT2D eigenvalue weighted by Gasteiger charge is 2.13. The highest BCUT2D eigenvalue weighted by atomic mass is 19.1. The van der Waals surface area contributed by atoms with E-state index in [4.69, 9.17) is 10.6 Å². The second-order valence-corrected chi connectivity index (χ2v) is 4.36. The van der Waals surface area contributed by atoms with E-state index in [1.807, 2.05) is 35.8 Å². The van der Waals surface area contributed by atoms with E-state index in [9.17, 15) is 8.78 Å². The summed E-state index contributed by atoms with van der Waals surface area (Å²) in [5.41, 5.74) is 2.05. The van der Waals surface area contributed by atoms with Crippen LogP contribution in [0.5, 0.6) is 11.6 Å². The van der Waals surface area contributed by atoms with Crippen molar-refractivity contribution < 1.29 is 13.5 Å². The number of halogens is 2. The Labute approximate surface area is 119 Å². The van der Waals surface area contributed by atoms with Gasteiger partial charge in [-0.25, -0.2) is 14.6 Å². The molecule has 21 heavy (non-hydrogen) atoms. The van der Waals surface area contributed by atoms with Crippen LogP contribution in [0.15, 0.2) is 48.5 Å². The molecule has 6 heteroatoms. The molecule has 1 heterocycles. The van der Waals surface area contributed by atoms with Crippen molar-refractivity contribution in [2.24, 2.45) is 5.84 Å².